The maximum Gasteiger partial charge on any atom is 0.265 e. The molecule has 0 saturated heterocycles. The molecule has 0 unspecified atom stereocenters. The zero-order valence-corrected chi connectivity index (χ0v) is 11.0. The van der Waals surface area contributed by atoms with Gasteiger partial charge in [0.25, 0.3) is 10.0 Å². The first kappa shape index (κ1) is 12.3. The molecule has 1 aromatic heterocycles. The van der Waals surface area contributed by atoms with Crippen LogP contribution in [0.4, 0.5) is 5.69 Å². The summed E-state index contributed by atoms with van der Waals surface area (Å²) in [7, 11) is -3.55. The Morgan fingerprint density at radius 1 is 1.32 bits per heavy atom. The second-order valence-electron chi connectivity index (χ2n) is 4.47. The van der Waals surface area contributed by atoms with Crippen LogP contribution in [0.5, 0.6) is 0 Å². The minimum absolute atomic E-state index is 0.188. The molecule has 2 N–H and O–H groups in total. The molecule has 0 radical (unpaired) electrons. The molecule has 2 aromatic rings. The van der Waals surface area contributed by atoms with Crippen molar-refractivity contribution in [3.05, 3.63) is 47.8 Å². The molecular weight excluding hydrogens is 264 g/mol. The number of aromatic amines is 1. The summed E-state index contributed by atoms with van der Waals surface area (Å²) >= 11 is 0. The number of fused-ring (bicyclic) bond motifs is 1. The molecule has 0 aliphatic carbocycles. The van der Waals surface area contributed by atoms with Gasteiger partial charge < -0.3 is 10.1 Å². The van der Waals surface area contributed by atoms with E-state index in [9.17, 15) is 8.42 Å². The van der Waals surface area contributed by atoms with Crippen LogP contribution >= 0.6 is 0 Å². The monoisotopic (exact) mass is 278 g/mol. The highest BCUT2D eigenvalue weighted by Crippen LogP contribution is 2.32. The lowest BCUT2D eigenvalue weighted by atomic mass is 10.2. The number of sulfonamides is 1. The lowest BCUT2D eigenvalue weighted by Gasteiger charge is -2.18. The van der Waals surface area contributed by atoms with E-state index in [4.69, 9.17) is 5.11 Å². The van der Waals surface area contributed by atoms with E-state index in [-0.39, 0.29) is 11.5 Å². The van der Waals surface area contributed by atoms with Crippen molar-refractivity contribution in [1.29, 1.82) is 0 Å². The average molecular weight is 278 g/mol. The van der Waals surface area contributed by atoms with E-state index in [2.05, 4.69) is 4.98 Å². The van der Waals surface area contributed by atoms with Gasteiger partial charge in [0.05, 0.1) is 12.3 Å². The summed E-state index contributed by atoms with van der Waals surface area (Å²) in [5, 5.41) is 9.00. The van der Waals surface area contributed by atoms with E-state index in [0.29, 0.717) is 12.2 Å². The van der Waals surface area contributed by atoms with Crippen molar-refractivity contribution < 1.29 is 13.5 Å². The molecule has 19 heavy (non-hydrogen) atoms. The summed E-state index contributed by atoms with van der Waals surface area (Å²) in [6, 6.07) is 8.98. The number of rotatable bonds is 3. The molecule has 0 amide bonds. The standard InChI is InChI=1S/C13H14N2O3S/c16-9-11-7-12(8-14-11)19(17,18)15-6-5-10-3-1-2-4-13(10)15/h1-4,7-8,14,16H,5-6,9H2. The Labute approximate surface area is 111 Å². The molecule has 0 saturated carbocycles. The topological polar surface area (TPSA) is 73.4 Å². The third-order valence-electron chi connectivity index (χ3n) is 3.32. The number of benzene rings is 1. The van der Waals surface area contributed by atoms with Gasteiger partial charge in [-0.2, -0.15) is 0 Å². The van der Waals surface area contributed by atoms with E-state index >= 15 is 0 Å². The van der Waals surface area contributed by atoms with E-state index < -0.39 is 10.0 Å². The lowest BCUT2D eigenvalue weighted by Crippen LogP contribution is -2.28. The first-order valence-corrected chi connectivity index (χ1v) is 7.46. The number of hydrogen-bond donors (Lipinski definition) is 2. The Morgan fingerprint density at radius 2 is 2.11 bits per heavy atom. The zero-order chi connectivity index (χ0) is 13.5. The molecule has 0 bridgehead atoms. The van der Waals surface area contributed by atoms with E-state index in [1.54, 1.807) is 0 Å². The predicted molar refractivity (Wildman–Crippen MR) is 71.4 cm³/mol. The molecular formula is C13H14N2O3S. The van der Waals surface area contributed by atoms with Crippen molar-refractivity contribution in [2.75, 3.05) is 10.8 Å². The highest BCUT2D eigenvalue weighted by Gasteiger charge is 2.31. The number of para-hydroxylation sites is 1. The minimum atomic E-state index is -3.55. The van der Waals surface area contributed by atoms with Gasteiger partial charge in [-0.15, -0.1) is 0 Å². The molecule has 1 aliphatic rings. The molecule has 0 spiro atoms. The van der Waals surface area contributed by atoms with Crippen molar-refractivity contribution in [3.8, 4) is 0 Å². The molecule has 0 atom stereocenters. The van der Waals surface area contributed by atoms with Gasteiger partial charge in [0.15, 0.2) is 0 Å². The molecule has 100 valence electrons. The maximum absolute atomic E-state index is 12.6. The summed E-state index contributed by atoms with van der Waals surface area (Å²) in [6.07, 6.45) is 2.15. The van der Waals surface area contributed by atoms with Crippen LogP contribution in [0, 0.1) is 0 Å². The van der Waals surface area contributed by atoms with Crippen molar-refractivity contribution >= 4 is 15.7 Å². The quantitative estimate of drug-likeness (QED) is 0.887. The van der Waals surface area contributed by atoms with Crippen molar-refractivity contribution in [3.63, 3.8) is 0 Å². The van der Waals surface area contributed by atoms with Crippen LogP contribution in [0.25, 0.3) is 0 Å². The van der Waals surface area contributed by atoms with E-state index in [1.807, 2.05) is 24.3 Å². The Morgan fingerprint density at radius 3 is 2.84 bits per heavy atom. The van der Waals surface area contributed by atoms with Gasteiger partial charge in [0.2, 0.25) is 0 Å². The summed E-state index contributed by atoms with van der Waals surface area (Å²) in [6.45, 7) is 0.257. The van der Waals surface area contributed by atoms with E-state index in [0.717, 1.165) is 17.7 Å². The number of H-pyrrole nitrogens is 1. The van der Waals surface area contributed by atoms with Gasteiger partial charge >= 0.3 is 0 Å². The van der Waals surface area contributed by atoms with Crippen LogP contribution in [0.2, 0.25) is 0 Å². The van der Waals surface area contributed by atoms with Gasteiger partial charge in [-0.05, 0) is 24.1 Å². The van der Waals surface area contributed by atoms with E-state index in [1.165, 1.54) is 16.6 Å². The minimum Gasteiger partial charge on any atom is -0.390 e. The summed E-state index contributed by atoms with van der Waals surface area (Å²) in [4.78, 5) is 2.94. The second-order valence-corrected chi connectivity index (χ2v) is 6.34. The van der Waals surface area contributed by atoms with Crippen LogP contribution in [0.3, 0.4) is 0 Å². The van der Waals surface area contributed by atoms with Gasteiger partial charge in [-0.1, -0.05) is 18.2 Å². The molecule has 1 aliphatic heterocycles. The maximum atomic E-state index is 12.6. The third-order valence-corrected chi connectivity index (χ3v) is 5.11. The summed E-state index contributed by atoms with van der Waals surface area (Å²) in [5.41, 5.74) is 2.28. The molecule has 3 rings (SSSR count). The Kier molecular flexibility index (Phi) is 2.83. The van der Waals surface area contributed by atoms with Gasteiger partial charge in [0, 0.05) is 18.4 Å². The summed E-state index contributed by atoms with van der Waals surface area (Å²) in [5.74, 6) is 0. The number of aliphatic hydroxyl groups is 1. The van der Waals surface area contributed by atoms with Crippen LogP contribution in [0.1, 0.15) is 11.3 Å². The zero-order valence-electron chi connectivity index (χ0n) is 10.2. The molecule has 6 heteroatoms. The molecule has 1 aromatic carbocycles. The first-order chi connectivity index (χ1) is 9.13. The number of nitrogens with zero attached hydrogens (tertiary/aromatic N) is 1. The summed E-state index contributed by atoms with van der Waals surface area (Å²) < 4.78 is 26.5. The number of anilines is 1. The molecule has 0 fully saturated rings. The van der Waals surface area contributed by atoms with Gasteiger partial charge in [0.1, 0.15) is 4.90 Å². The normalized spacial score (nSPS) is 14.7. The average Bonchev–Trinajstić information content (AvgIpc) is 3.06. The predicted octanol–water partition coefficient (Wildman–Crippen LogP) is 1.26. The number of nitrogens with one attached hydrogen (secondary N) is 1. The molecule has 5 nitrogen and oxygen atoms in total. The number of aliphatic hydroxyl groups excluding tert-OH is 1. The molecule has 2 heterocycles. The smallest absolute Gasteiger partial charge is 0.265 e. The highest BCUT2D eigenvalue weighted by atomic mass is 32.2. The largest absolute Gasteiger partial charge is 0.390 e. The van der Waals surface area contributed by atoms with Crippen LogP contribution in [-0.2, 0) is 23.1 Å². The van der Waals surface area contributed by atoms with Crippen molar-refractivity contribution in [2.24, 2.45) is 0 Å². The fourth-order valence-corrected chi connectivity index (χ4v) is 3.87. The van der Waals surface area contributed by atoms with Crippen LogP contribution in [-0.4, -0.2) is 25.1 Å². The fraction of sp³-hybridized carbons (Fsp3) is 0.231. The Balaban J connectivity index is 2.03. The second kappa shape index (κ2) is 4.40. The fourth-order valence-electron chi connectivity index (χ4n) is 2.34. The lowest BCUT2D eigenvalue weighted by molar-refractivity contribution is 0.277. The van der Waals surface area contributed by atoms with Crippen molar-refractivity contribution in [1.82, 2.24) is 4.98 Å². The van der Waals surface area contributed by atoms with Gasteiger partial charge in [-0.25, -0.2) is 8.42 Å². The van der Waals surface area contributed by atoms with Gasteiger partial charge in [-0.3, -0.25) is 4.31 Å². The van der Waals surface area contributed by atoms with Crippen molar-refractivity contribution in [2.45, 2.75) is 17.9 Å². The SMILES string of the molecule is O=S(=O)(c1c[nH]c(CO)c1)N1CCc2ccccc21. The Hall–Kier alpha value is -1.79. The number of aromatic nitrogens is 1. The van der Waals surface area contributed by atoms with Crippen LogP contribution in [0.15, 0.2) is 41.4 Å². The number of hydrogen-bond acceptors (Lipinski definition) is 3. The Bertz CT molecular complexity index is 706. The van der Waals surface area contributed by atoms with Crippen LogP contribution < -0.4 is 4.31 Å². The third kappa shape index (κ3) is 1.93. The first-order valence-electron chi connectivity index (χ1n) is 6.02. The highest BCUT2D eigenvalue weighted by molar-refractivity contribution is 7.92.